The van der Waals surface area contributed by atoms with Crippen LogP contribution in [0.15, 0.2) is 54.6 Å². The molecule has 2 aromatic carbocycles. The van der Waals surface area contributed by atoms with E-state index < -0.39 is 0 Å². The van der Waals surface area contributed by atoms with Gasteiger partial charge in [-0.3, -0.25) is 0 Å². The zero-order chi connectivity index (χ0) is 13.3. The number of rotatable bonds is 2. The minimum atomic E-state index is -0.103. The Balaban J connectivity index is 1.87. The summed E-state index contributed by atoms with van der Waals surface area (Å²) in [6, 6.07) is 19.3. The fourth-order valence-corrected chi connectivity index (χ4v) is 3.22. The van der Waals surface area contributed by atoms with Crippen molar-refractivity contribution in [2.45, 2.75) is 31.7 Å². The van der Waals surface area contributed by atoms with Gasteiger partial charge in [-0.15, -0.1) is 0 Å². The average molecular weight is 251 g/mol. The van der Waals surface area contributed by atoms with Crippen LogP contribution in [0.2, 0.25) is 0 Å². The van der Waals surface area contributed by atoms with E-state index >= 15 is 0 Å². The van der Waals surface area contributed by atoms with Crippen molar-refractivity contribution in [3.8, 4) is 11.1 Å². The third kappa shape index (κ3) is 2.43. The molecule has 1 aliphatic rings. The van der Waals surface area contributed by atoms with Crippen LogP contribution in [0.4, 0.5) is 0 Å². The number of hydrogen-bond acceptors (Lipinski definition) is 1. The van der Waals surface area contributed by atoms with E-state index in [0.717, 1.165) is 18.8 Å². The van der Waals surface area contributed by atoms with E-state index in [1.54, 1.807) is 0 Å². The lowest BCUT2D eigenvalue weighted by Gasteiger charge is -2.25. The maximum atomic E-state index is 6.56. The quantitative estimate of drug-likeness (QED) is 0.844. The summed E-state index contributed by atoms with van der Waals surface area (Å²) in [4.78, 5) is 0. The zero-order valence-electron chi connectivity index (χ0n) is 11.5. The van der Waals surface area contributed by atoms with E-state index in [-0.39, 0.29) is 5.54 Å². The van der Waals surface area contributed by atoms with Crippen molar-refractivity contribution in [2.24, 2.45) is 11.7 Å². The van der Waals surface area contributed by atoms with Crippen molar-refractivity contribution < 1.29 is 0 Å². The molecule has 2 unspecified atom stereocenters. The van der Waals surface area contributed by atoms with Crippen LogP contribution in [0.3, 0.4) is 0 Å². The molecule has 98 valence electrons. The Kier molecular flexibility index (Phi) is 3.16. The molecule has 1 saturated carbocycles. The Morgan fingerprint density at radius 1 is 0.947 bits per heavy atom. The topological polar surface area (TPSA) is 26.0 Å². The van der Waals surface area contributed by atoms with E-state index in [1.165, 1.54) is 23.1 Å². The normalized spacial score (nSPS) is 26.5. The van der Waals surface area contributed by atoms with Gasteiger partial charge in [-0.1, -0.05) is 61.5 Å². The summed E-state index contributed by atoms with van der Waals surface area (Å²) in [6.45, 7) is 2.30. The van der Waals surface area contributed by atoms with Crippen molar-refractivity contribution >= 4 is 0 Å². The standard InChI is InChI=1S/C18H21N/c1-14-11-12-18(19,13-14)17-9-7-16(8-10-17)15-5-3-2-4-6-15/h2-10,14H,11-13,19H2,1H3. The first-order valence-electron chi connectivity index (χ1n) is 7.12. The molecule has 0 saturated heterocycles. The van der Waals surface area contributed by atoms with E-state index in [2.05, 4.69) is 55.5 Å². The second-order valence-corrected chi connectivity index (χ2v) is 5.95. The number of hydrogen-bond donors (Lipinski definition) is 1. The lowest BCUT2D eigenvalue weighted by Crippen LogP contribution is -2.33. The highest BCUT2D eigenvalue weighted by atomic mass is 14.8. The second kappa shape index (κ2) is 4.82. The van der Waals surface area contributed by atoms with Gasteiger partial charge in [-0.2, -0.15) is 0 Å². The van der Waals surface area contributed by atoms with Gasteiger partial charge in [-0.05, 0) is 41.9 Å². The monoisotopic (exact) mass is 251 g/mol. The maximum absolute atomic E-state index is 6.56. The van der Waals surface area contributed by atoms with Crippen molar-refractivity contribution in [1.82, 2.24) is 0 Å². The Bertz CT molecular complexity index is 544. The summed E-state index contributed by atoms with van der Waals surface area (Å²) in [5.74, 6) is 0.749. The minimum Gasteiger partial charge on any atom is -0.321 e. The molecule has 0 spiro atoms. The lowest BCUT2D eigenvalue weighted by molar-refractivity contribution is 0.441. The fraction of sp³-hybridized carbons (Fsp3) is 0.333. The van der Waals surface area contributed by atoms with Crippen LogP contribution in [0.5, 0.6) is 0 Å². The van der Waals surface area contributed by atoms with Gasteiger partial charge in [0.05, 0.1) is 0 Å². The highest BCUT2D eigenvalue weighted by Gasteiger charge is 2.34. The predicted octanol–water partition coefficient (Wildman–Crippen LogP) is 4.33. The molecule has 0 radical (unpaired) electrons. The Hall–Kier alpha value is -1.60. The summed E-state index contributed by atoms with van der Waals surface area (Å²) in [6.07, 6.45) is 3.47. The van der Waals surface area contributed by atoms with E-state index in [9.17, 15) is 0 Å². The van der Waals surface area contributed by atoms with Crippen LogP contribution in [-0.4, -0.2) is 0 Å². The van der Waals surface area contributed by atoms with Crippen LogP contribution >= 0.6 is 0 Å². The molecule has 2 atom stereocenters. The summed E-state index contributed by atoms with van der Waals surface area (Å²) < 4.78 is 0. The van der Waals surface area contributed by atoms with E-state index in [1.807, 2.05) is 6.07 Å². The first-order chi connectivity index (χ1) is 9.17. The largest absolute Gasteiger partial charge is 0.321 e. The first kappa shape index (κ1) is 12.4. The van der Waals surface area contributed by atoms with Crippen molar-refractivity contribution in [1.29, 1.82) is 0 Å². The van der Waals surface area contributed by atoms with Gasteiger partial charge in [0, 0.05) is 5.54 Å². The molecule has 19 heavy (non-hydrogen) atoms. The fourth-order valence-electron chi connectivity index (χ4n) is 3.22. The molecular formula is C18H21N. The predicted molar refractivity (Wildman–Crippen MR) is 80.8 cm³/mol. The van der Waals surface area contributed by atoms with Gasteiger partial charge in [0.2, 0.25) is 0 Å². The molecule has 2 aromatic rings. The zero-order valence-corrected chi connectivity index (χ0v) is 11.5. The van der Waals surface area contributed by atoms with E-state index in [4.69, 9.17) is 5.73 Å². The highest BCUT2D eigenvalue weighted by Crippen LogP contribution is 2.40. The minimum absolute atomic E-state index is 0.103. The molecule has 2 N–H and O–H groups in total. The van der Waals surface area contributed by atoms with Crippen LogP contribution in [0, 0.1) is 5.92 Å². The molecule has 1 heteroatoms. The van der Waals surface area contributed by atoms with Gasteiger partial charge < -0.3 is 5.73 Å². The van der Waals surface area contributed by atoms with Gasteiger partial charge in [0.15, 0.2) is 0 Å². The molecule has 0 heterocycles. The summed E-state index contributed by atoms with van der Waals surface area (Å²) in [5.41, 5.74) is 10.3. The van der Waals surface area contributed by atoms with Crippen LogP contribution < -0.4 is 5.73 Å². The maximum Gasteiger partial charge on any atom is 0.0412 e. The highest BCUT2D eigenvalue weighted by molar-refractivity contribution is 5.63. The van der Waals surface area contributed by atoms with Crippen molar-refractivity contribution in [2.75, 3.05) is 0 Å². The van der Waals surface area contributed by atoms with Crippen LogP contribution in [-0.2, 0) is 5.54 Å². The van der Waals surface area contributed by atoms with Crippen LogP contribution in [0.1, 0.15) is 31.7 Å². The molecule has 0 amide bonds. The Labute approximate surface area is 115 Å². The van der Waals surface area contributed by atoms with Crippen LogP contribution in [0.25, 0.3) is 11.1 Å². The molecule has 0 aromatic heterocycles. The number of benzene rings is 2. The SMILES string of the molecule is CC1CCC(N)(c2ccc(-c3ccccc3)cc2)C1. The number of nitrogens with two attached hydrogens (primary N) is 1. The third-order valence-corrected chi connectivity index (χ3v) is 4.36. The smallest absolute Gasteiger partial charge is 0.0412 e. The third-order valence-electron chi connectivity index (χ3n) is 4.36. The molecule has 3 rings (SSSR count). The average Bonchev–Trinajstić information content (AvgIpc) is 2.81. The Morgan fingerprint density at radius 3 is 2.16 bits per heavy atom. The molecule has 0 aliphatic heterocycles. The van der Waals surface area contributed by atoms with Crippen molar-refractivity contribution in [3.63, 3.8) is 0 Å². The van der Waals surface area contributed by atoms with Gasteiger partial charge in [0.25, 0.3) is 0 Å². The summed E-state index contributed by atoms with van der Waals surface area (Å²) >= 11 is 0. The summed E-state index contributed by atoms with van der Waals surface area (Å²) in [7, 11) is 0. The van der Waals surface area contributed by atoms with Gasteiger partial charge in [0.1, 0.15) is 0 Å². The van der Waals surface area contributed by atoms with E-state index in [0.29, 0.717) is 0 Å². The molecule has 0 bridgehead atoms. The van der Waals surface area contributed by atoms with Gasteiger partial charge in [-0.25, -0.2) is 0 Å². The Morgan fingerprint density at radius 2 is 1.58 bits per heavy atom. The summed E-state index contributed by atoms with van der Waals surface area (Å²) in [5, 5.41) is 0. The molecule has 1 fully saturated rings. The molecular weight excluding hydrogens is 230 g/mol. The molecule has 1 nitrogen and oxygen atoms in total. The molecule has 1 aliphatic carbocycles. The first-order valence-corrected chi connectivity index (χ1v) is 7.12. The van der Waals surface area contributed by atoms with Crippen molar-refractivity contribution in [3.05, 3.63) is 60.2 Å². The second-order valence-electron chi connectivity index (χ2n) is 5.95. The van der Waals surface area contributed by atoms with Gasteiger partial charge >= 0.3 is 0 Å². The lowest BCUT2D eigenvalue weighted by atomic mass is 9.87.